The smallest absolute Gasteiger partial charge is 0.220 e. The Balaban J connectivity index is 2.09. The van der Waals surface area contributed by atoms with E-state index in [-0.39, 0.29) is 5.91 Å². The average molecular weight is 213 g/mol. The van der Waals surface area contributed by atoms with Crippen molar-refractivity contribution in [3.8, 4) is 0 Å². The van der Waals surface area contributed by atoms with Gasteiger partial charge in [-0.25, -0.2) is 0 Å². The molecule has 1 aromatic rings. The van der Waals surface area contributed by atoms with Crippen molar-refractivity contribution >= 4 is 17.7 Å². The fourth-order valence-electron chi connectivity index (χ4n) is 1.06. The summed E-state index contributed by atoms with van der Waals surface area (Å²) in [4.78, 5) is 11.3. The molecule has 1 rings (SSSR count). The van der Waals surface area contributed by atoms with Gasteiger partial charge in [0.2, 0.25) is 5.91 Å². The maximum atomic E-state index is 11.3. The number of carbonyl (C=O) groups is 1. The highest BCUT2D eigenvalue weighted by atomic mass is 32.2. The molecule has 0 unspecified atom stereocenters. The maximum Gasteiger partial charge on any atom is 0.220 e. The van der Waals surface area contributed by atoms with Gasteiger partial charge in [-0.15, -0.1) is 0 Å². The molecule has 0 bridgehead atoms. The molecular weight excluding hydrogens is 198 g/mol. The monoisotopic (exact) mass is 213 g/mol. The molecule has 1 heterocycles. The molecule has 0 aliphatic carbocycles. The summed E-state index contributed by atoms with van der Waals surface area (Å²) in [6.07, 6.45) is 5.18. The molecule has 0 radical (unpaired) electrons. The van der Waals surface area contributed by atoms with Crippen LogP contribution >= 0.6 is 11.8 Å². The molecular formula is C10H15NO2S. The van der Waals surface area contributed by atoms with E-state index in [1.807, 2.05) is 18.4 Å². The summed E-state index contributed by atoms with van der Waals surface area (Å²) in [5.41, 5.74) is 0. The third-order valence-corrected chi connectivity index (χ3v) is 2.49. The van der Waals surface area contributed by atoms with E-state index in [0.29, 0.717) is 13.0 Å². The van der Waals surface area contributed by atoms with Gasteiger partial charge in [-0.1, -0.05) is 0 Å². The molecule has 1 aromatic heterocycles. The number of nitrogens with one attached hydrogen (secondary N) is 1. The Morgan fingerprint density at radius 1 is 1.64 bits per heavy atom. The van der Waals surface area contributed by atoms with Crippen LogP contribution in [0.25, 0.3) is 0 Å². The second kappa shape index (κ2) is 6.54. The number of thioether (sulfide) groups is 1. The molecule has 0 aliphatic heterocycles. The van der Waals surface area contributed by atoms with Crippen LogP contribution < -0.4 is 5.32 Å². The lowest BCUT2D eigenvalue weighted by atomic mass is 10.3. The standard InChI is InChI=1S/C10H15NO2S/c1-14-7-3-5-10(12)11-8-9-4-2-6-13-9/h2,4,6H,3,5,7-8H2,1H3,(H,11,12). The molecule has 1 N–H and O–H groups in total. The Morgan fingerprint density at radius 2 is 2.50 bits per heavy atom. The van der Waals surface area contributed by atoms with Crippen molar-refractivity contribution in [1.29, 1.82) is 0 Å². The summed E-state index contributed by atoms with van der Waals surface area (Å²) in [5, 5.41) is 2.80. The molecule has 1 amide bonds. The Bertz CT molecular complexity index is 259. The predicted molar refractivity (Wildman–Crippen MR) is 58.2 cm³/mol. The molecule has 0 saturated carbocycles. The van der Waals surface area contributed by atoms with Crippen molar-refractivity contribution in [3.05, 3.63) is 24.2 Å². The van der Waals surface area contributed by atoms with Gasteiger partial charge in [0.25, 0.3) is 0 Å². The minimum absolute atomic E-state index is 0.0930. The highest BCUT2D eigenvalue weighted by Crippen LogP contribution is 2.01. The highest BCUT2D eigenvalue weighted by molar-refractivity contribution is 7.98. The van der Waals surface area contributed by atoms with E-state index in [2.05, 4.69) is 5.32 Å². The summed E-state index contributed by atoms with van der Waals surface area (Å²) in [7, 11) is 0. The number of hydrogen-bond donors (Lipinski definition) is 1. The van der Waals surface area contributed by atoms with E-state index in [4.69, 9.17) is 4.42 Å². The van der Waals surface area contributed by atoms with Gasteiger partial charge >= 0.3 is 0 Å². The molecule has 0 spiro atoms. The lowest BCUT2D eigenvalue weighted by Crippen LogP contribution is -2.22. The first-order valence-corrected chi connectivity index (χ1v) is 6.00. The predicted octanol–water partition coefficient (Wildman–Crippen LogP) is 2.04. The number of carbonyl (C=O) groups excluding carboxylic acids is 1. The van der Waals surface area contributed by atoms with Crippen molar-refractivity contribution < 1.29 is 9.21 Å². The van der Waals surface area contributed by atoms with Crippen LogP contribution in [0.4, 0.5) is 0 Å². The van der Waals surface area contributed by atoms with E-state index in [1.54, 1.807) is 18.0 Å². The van der Waals surface area contributed by atoms with Crippen molar-refractivity contribution in [2.75, 3.05) is 12.0 Å². The zero-order valence-electron chi connectivity index (χ0n) is 8.29. The zero-order valence-corrected chi connectivity index (χ0v) is 9.10. The molecule has 0 saturated heterocycles. The van der Waals surface area contributed by atoms with Crippen molar-refractivity contribution in [2.24, 2.45) is 0 Å². The topological polar surface area (TPSA) is 42.2 Å². The van der Waals surface area contributed by atoms with Gasteiger partial charge in [-0.2, -0.15) is 11.8 Å². The Hall–Kier alpha value is -0.900. The maximum absolute atomic E-state index is 11.3. The third kappa shape index (κ3) is 4.37. The largest absolute Gasteiger partial charge is 0.467 e. The quantitative estimate of drug-likeness (QED) is 0.735. The van der Waals surface area contributed by atoms with E-state index >= 15 is 0 Å². The van der Waals surface area contributed by atoms with Crippen LogP contribution in [0.3, 0.4) is 0 Å². The van der Waals surface area contributed by atoms with Crippen LogP contribution in [0.15, 0.2) is 22.8 Å². The van der Waals surface area contributed by atoms with Gasteiger partial charge in [0, 0.05) is 6.42 Å². The van der Waals surface area contributed by atoms with Crippen LogP contribution in [0.2, 0.25) is 0 Å². The molecule has 3 nitrogen and oxygen atoms in total. The average Bonchev–Trinajstić information content (AvgIpc) is 2.68. The first kappa shape index (κ1) is 11.2. The number of rotatable bonds is 6. The van der Waals surface area contributed by atoms with Crippen molar-refractivity contribution in [2.45, 2.75) is 19.4 Å². The Kier molecular flexibility index (Phi) is 5.22. The minimum atomic E-state index is 0.0930. The molecule has 0 atom stereocenters. The van der Waals surface area contributed by atoms with Crippen molar-refractivity contribution in [3.63, 3.8) is 0 Å². The second-order valence-electron chi connectivity index (χ2n) is 2.95. The van der Waals surface area contributed by atoms with Crippen LogP contribution in [0, 0.1) is 0 Å². The Labute approximate surface area is 88.2 Å². The SMILES string of the molecule is CSCCCC(=O)NCc1ccco1. The molecule has 0 aromatic carbocycles. The first-order valence-electron chi connectivity index (χ1n) is 4.61. The number of hydrogen-bond acceptors (Lipinski definition) is 3. The Morgan fingerprint density at radius 3 is 3.14 bits per heavy atom. The van der Waals surface area contributed by atoms with Gasteiger partial charge in [-0.05, 0) is 30.6 Å². The number of amides is 1. The number of furan rings is 1. The van der Waals surface area contributed by atoms with Gasteiger partial charge < -0.3 is 9.73 Å². The van der Waals surface area contributed by atoms with Crippen LogP contribution in [-0.2, 0) is 11.3 Å². The summed E-state index contributed by atoms with van der Waals surface area (Å²) < 4.78 is 5.09. The first-order chi connectivity index (χ1) is 6.83. The normalized spacial score (nSPS) is 10.1. The lowest BCUT2D eigenvalue weighted by molar-refractivity contribution is -0.121. The summed E-state index contributed by atoms with van der Waals surface area (Å²) in [6.45, 7) is 0.491. The second-order valence-corrected chi connectivity index (χ2v) is 3.94. The fourth-order valence-corrected chi connectivity index (χ4v) is 1.50. The van der Waals surface area contributed by atoms with Crippen LogP contribution in [0.5, 0.6) is 0 Å². The molecule has 4 heteroatoms. The summed E-state index contributed by atoms with van der Waals surface area (Å²) in [6, 6.07) is 3.66. The fraction of sp³-hybridized carbons (Fsp3) is 0.500. The van der Waals surface area contributed by atoms with Gasteiger partial charge in [0.15, 0.2) is 0 Å². The highest BCUT2D eigenvalue weighted by Gasteiger charge is 2.01. The van der Waals surface area contributed by atoms with Gasteiger partial charge in [0.1, 0.15) is 5.76 Å². The van der Waals surface area contributed by atoms with E-state index in [0.717, 1.165) is 17.9 Å². The molecule has 14 heavy (non-hydrogen) atoms. The molecule has 0 fully saturated rings. The van der Waals surface area contributed by atoms with Crippen LogP contribution in [0.1, 0.15) is 18.6 Å². The zero-order chi connectivity index (χ0) is 10.2. The van der Waals surface area contributed by atoms with E-state index in [9.17, 15) is 4.79 Å². The van der Waals surface area contributed by atoms with E-state index in [1.165, 1.54) is 0 Å². The lowest BCUT2D eigenvalue weighted by Gasteiger charge is -2.02. The third-order valence-electron chi connectivity index (χ3n) is 1.79. The summed E-state index contributed by atoms with van der Waals surface area (Å²) in [5.74, 6) is 1.92. The minimum Gasteiger partial charge on any atom is -0.467 e. The van der Waals surface area contributed by atoms with Crippen molar-refractivity contribution in [1.82, 2.24) is 5.32 Å². The molecule has 0 aliphatic rings. The van der Waals surface area contributed by atoms with Crippen LogP contribution in [-0.4, -0.2) is 17.9 Å². The van der Waals surface area contributed by atoms with E-state index < -0.39 is 0 Å². The van der Waals surface area contributed by atoms with Gasteiger partial charge in [0.05, 0.1) is 12.8 Å². The van der Waals surface area contributed by atoms with Gasteiger partial charge in [-0.3, -0.25) is 4.79 Å². The summed E-state index contributed by atoms with van der Waals surface area (Å²) >= 11 is 1.76. The molecule has 78 valence electrons.